The van der Waals surface area contributed by atoms with Gasteiger partial charge in [0.1, 0.15) is 11.5 Å². The predicted octanol–water partition coefficient (Wildman–Crippen LogP) is 5.26. The third kappa shape index (κ3) is 2.93. The summed E-state index contributed by atoms with van der Waals surface area (Å²) in [6.07, 6.45) is 9.20. The Bertz CT molecular complexity index is 1260. The second kappa shape index (κ2) is 6.70. The zero-order valence-electron chi connectivity index (χ0n) is 14.8. The Labute approximate surface area is 161 Å². The Morgan fingerprint density at radius 2 is 1.46 bits per heavy atom. The van der Waals surface area contributed by atoms with Gasteiger partial charge in [-0.15, -0.1) is 0 Å². The van der Waals surface area contributed by atoms with Crippen molar-refractivity contribution in [1.29, 1.82) is 0 Å². The van der Waals surface area contributed by atoms with Crippen LogP contribution in [0.3, 0.4) is 0 Å². The lowest BCUT2D eigenvalue weighted by Crippen LogP contribution is -1.91. The minimum atomic E-state index is -0.258. The van der Waals surface area contributed by atoms with Crippen LogP contribution in [-0.2, 0) is 0 Å². The van der Waals surface area contributed by atoms with Gasteiger partial charge in [-0.05, 0) is 71.8 Å². The summed E-state index contributed by atoms with van der Waals surface area (Å²) in [7, 11) is 0. The lowest BCUT2D eigenvalue weighted by molar-refractivity contribution is 0.628. The van der Waals surface area contributed by atoms with Crippen LogP contribution in [0.25, 0.3) is 39.3 Å². The number of nitrogens with zero attached hydrogens (tertiary/aromatic N) is 4. The van der Waals surface area contributed by atoms with Crippen LogP contribution in [0.15, 0.2) is 91.6 Å². The van der Waals surface area contributed by atoms with Gasteiger partial charge in [0.05, 0.1) is 17.6 Å². The minimum Gasteiger partial charge on any atom is -0.300 e. The van der Waals surface area contributed by atoms with Crippen LogP contribution in [0.1, 0.15) is 0 Å². The molecule has 0 aliphatic rings. The molecule has 0 fully saturated rings. The Balaban J connectivity index is 1.56. The van der Waals surface area contributed by atoms with Gasteiger partial charge in [-0.2, -0.15) is 0 Å². The SMILES string of the molecule is Fc1ccc(-c2cc(-c3cnc4cc(-c5ccncc5)ccn34)ccn2)cc1. The maximum atomic E-state index is 13.2. The average molecular weight is 366 g/mol. The van der Waals surface area contributed by atoms with E-state index in [0.29, 0.717) is 0 Å². The Hall–Kier alpha value is -3.86. The minimum absolute atomic E-state index is 0.258. The normalized spacial score (nSPS) is 11.0. The second-order valence-corrected chi connectivity index (χ2v) is 6.46. The molecule has 0 radical (unpaired) electrons. The number of rotatable bonds is 3. The van der Waals surface area contributed by atoms with Crippen LogP contribution in [0.2, 0.25) is 0 Å². The van der Waals surface area contributed by atoms with Crippen LogP contribution >= 0.6 is 0 Å². The van der Waals surface area contributed by atoms with Crippen LogP contribution in [0, 0.1) is 5.82 Å². The molecule has 4 heterocycles. The molecule has 5 rings (SSSR count). The van der Waals surface area contributed by atoms with E-state index in [1.807, 2.05) is 36.7 Å². The number of hydrogen-bond donors (Lipinski definition) is 0. The molecule has 5 aromatic rings. The Morgan fingerprint density at radius 1 is 0.679 bits per heavy atom. The summed E-state index contributed by atoms with van der Waals surface area (Å²) in [5.41, 5.74) is 6.70. The van der Waals surface area contributed by atoms with Crippen molar-refractivity contribution in [2.45, 2.75) is 0 Å². The average Bonchev–Trinajstić information content (AvgIpc) is 3.18. The van der Waals surface area contributed by atoms with Gasteiger partial charge >= 0.3 is 0 Å². The molecule has 0 aliphatic carbocycles. The summed E-state index contributed by atoms with van der Waals surface area (Å²) >= 11 is 0. The number of imidazole rings is 1. The zero-order valence-corrected chi connectivity index (χ0v) is 14.8. The van der Waals surface area contributed by atoms with Crippen LogP contribution in [-0.4, -0.2) is 19.4 Å². The molecule has 28 heavy (non-hydrogen) atoms. The van der Waals surface area contributed by atoms with Crippen LogP contribution in [0.5, 0.6) is 0 Å². The molecule has 0 unspecified atom stereocenters. The summed E-state index contributed by atoms with van der Waals surface area (Å²) in [4.78, 5) is 13.1. The lowest BCUT2D eigenvalue weighted by Gasteiger charge is -2.07. The molecular weight excluding hydrogens is 351 g/mol. The lowest BCUT2D eigenvalue weighted by atomic mass is 10.1. The van der Waals surface area contributed by atoms with Crippen molar-refractivity contribution in [2.24, 2.45) is 0 Å². The molecule has 134 valence electrons. The first-order valence-electron chi connectivity index (χ1n) is 8.88. The summed E-state index contributed by atoms with van der Waals surface area (Å²) in [6.45, 7) is 0. The van der Waals surface area contributed by atoms with E-state index < -0.39 is 0 Å². The third-order valence-corrected chi connectivity index (χ3v) is 4.72. The molecule has 4 nitrogen and oxygen atoms in total. The predicted molar refractivity (Wildman–Crippen MR) is 107 cm³/mol. The van der Waals surface area contributed by atoms with E-state index in [1.54, 1.807) is 30.7 Å². The van der Waals surface area contributed by atoms with Crippen LogP contribution < -0.4 is 0 Å². The van der Waals surface area contributed by atoms with Crippen molar-refractivity contribution in [3.63, 3.8) is 0 Å². The Morgan fingerprint density at radius 3 is 2.29 bits per heavy atom. The van der Waals surface area contributed by atoms with Crippen molar-refractivity contribution < 1.29 is 4.39 Å². The maximum absolute atomic E-state index is 13.2. The fourth-order valence-corrected chi connectivity index (χ4v) is 3.29. The fraction of sp³-hybridized carbons (Fsp3) is 0. The molecule has 0 atom stereocenters. The number of benzene rings is 1. The topological polar surface area (TPSA) is 43.1 Å². The highest BCUT2D eigenvalue weighted by atomic mass is 19.1. The van der Waals surface area contributed by atoms with E-state index in [1.165, 1.54) is 12.1 Å². The molecule has 1 aromatic carbocycles. The van der Waals surface area contributed by atoms with E-state index in [9.17, 15) is 4.39 Å². The largest absolute Gasteiger partial charge is 0.300 e. The van der Waals surface area contributed by atoms with Crippen molar-refractivity contribution >= 4 is 5.65 Å². The van der Waals surface area contributed by atoms with Gasteiger partial charge in [-0.25, -0.2) is 9.37 Å². The molecule has 0 bridgehead atoms. The monoisotopic (exact) mass is 366 g/mol. The fourth-order valence-electron chi connectivity index (χ4n) is 3.29. The van der Waals surface area contributed by atoms with Crippen molar-refractivity contribution in [3.8, 4) is 33.6 Å². The van der Waals surface area contributed by atoms with Gasteiger partial charge in [-0.3, -0.25) is 14.4 Å². The molecule has 5 heteroatoms. The highest BCUT2D eigenvalue weighted by Gasteiger charge is 2.09. The first kappa shape index (κ1) is 16.3. The van der Waals surface area contributed by atoms with Gasteiger partial charge in [0.15, 0.2) is 0 Å². The highest BCUT2D eigenvalue weighted by Crippen LogP contribution is 2.27. The summed E-state index contributed by atoms with van der Waals surface area (Å²) in [5.74, 6) is -0.258. The van der Waals surface area contributed by atoms with E-state index in [4.69, 9.17) is 0 Å². The second-order valence-electron chi connectivity index (χ2n) is 6.46. The van der Waals surface area contributed by atoms with E-state index in [2.05, 4.69) is 31.5 Å². The molecule has 0 amide bonds. The molecule has 0 spiro atoms. The molecule has 0 saturated heterocycles. The zero-order chi connectivity index (χ0) is 18.9. The van der Waals surface area contributed by atoms with Crippen LogP contribution in [0.4, 0.5) is 4.39 Å². The number of hydrogen-bond acceptors (Lipinski definition) is 3. The quantitative estimate of drug-likeness (QED) is 0.437. The number of fused-ring (bicyclic) bond motifs is 1. The number of pyridine rings is 3. The summed E-state index contributed by atoms with van der Waals surface area (Å²) in [5, 5.41) is 0. The number of halogens is 1. The Kier molecular flexibility index (Phi) is 3.91. The summed E-state index contributed by atoms with van der Waals surface area (Å²) in [6, 6.07) is 18.4. The van der Waals surface area contributed by atoms with E-state index in [0.717, 1.165) is 39.3 Å². The van der Waals surface area contributed by atoms with Crippen molar-refractivity contribution in [3.05, 3.63) is 97.5 Å². The van der Waals surface area contributed by atoms with Gasteiger partial charge in [-0.1, -0.05) is 0 Å². The van der Waals surface area contributed by atoms with Gasteiger partial charge in [0.2, 0.25) is 0 Å². The first-order chi connectivity index (χ1) is 13.8. The maximum Gasteiger partial charge on any atom is 0.137 e. The molecular formula is C23H15FN4. The standard InChI is InChI=1S/C23H15FN4/c24-20-3-1-17(2-4-20)21-13-19(7-11-26-21)22-15-27-23-14-18(8-12-28(22)23)16-5-9-25-10-6-16/h1-15H. The molecule has 0 N–H and O–H groups in total. The number of aromatic nitrogens is 4. The van der Waals surface area contributed by atoms with Crippen molar-refractivity contribution in [1.82, 2.24) is 19.4 Å². The van der Waals surface area contributed by atoms with Crippen molar-refractivity contribution in [2.75, 3.05) is 0 Å². The van der Waals surface area contributed by atoms with Gasteiger partial charge in [0, 0.05) is 35.9 Å². The molecule has 4 aromatic heterocycles. The van der Waals surface area contributed by atoms with E-state index >= 15 is 0 Å². The highest BCUT2D eigenvalue weighted by molar-refractivity contribution is 5.73. The third-order valence-electron chi connectivity index (χ3n) is 4.72. The summed E-state index contributed by atoms with van der Waals surface area (Å²) < 4.78 is 15.2. The van der Waals surface area contributed by atoms with E-state index in [-0.39, 0.29) is 5.82 Å². The first-order valence-corrected chi connectivity index (χ1v) is 8.88. The smallest absolute Gasteiger partial charge is 0.137 e. The van der Waals surface area contributed by atoms with Gasteiger partial charge < -0.3 is 0 Å². The molecule has 0 aliphatic heterocycles. The van der Waals surface area contributed by atoms with Gasteiger partial charge in [0.25, 0.3) is 0 Å². The molecule has 0 saturated carbocycles.